The lowest BCUT2D eigenvalue weighted by Gasteiger charge is -2.32. The Morgan fingerprint density at radius 3 is 2.72 bits per heavy atom. The van der Waals surface area contributed by atoms with Gasteiger partial charge in [-0.1, -0.05) is 24.3 Å². The summed E-state index contributed by atoms with van der Waals surface area (Å²) < 4.78 is 0. The summed E-state index contributed by atoms with van der Waals surface area (Å²) >= 11 is 0. The highest BCUT2D eigenvalue weighted by Crippen LogP contribution is 2.21. The number of carbonyl (C=O) groups excluding carboxylic acids is 2. The lowest BCUT2D eigenvalue weighted by molar-refractivity contribution is -0.132. The number of benzene rings is 1. The fraction of sp³-hybridized carbons (Fsp3) is 0.500. The van der Waals surface area contributed by atoms with Crippen molar-refractivity contribution < 1.29 is 9.59 Å². The first-order valence-corrected chi connectivity index (χ1v) is 9.12. The molecule has 1 aliphatic carbocycles. The second-order valence-electron chi connectivity index (χ2n) is 7.08. The van der Waals surface area contributed by atoms with E-state index in [0.717, 1.165) is 50.3 Å². The molecule has 0 bridgehead atoms. The molecular formula is C20H27N3O2. The second-order valence-corrected chi connectivity index (χ2v) is 7.08. The number of hydrogen-bond donors (Lipinski definition) is 1. The molecule has 1 saturated heterocycles. The lowest BCUT2D eigenvalue weighted by Crippen LogP contribution is -2.47. The summed E-state index contributed by atoms with van der Waals surface area (Å²) in [7, 11) is 2.08. The fourth-order valence-corrected chi connectivity index (χ4v) is 3.42. The normalized spacial score (nSPS) is 20.7. The lowest BCUT2D eigenvalue weighted by atomic mass is 10.0. The van der Waals surface area contributed by atoms with Gasteiger partial charge in [-0.15, -0.1) is 0 Å². The Bertz CT molecular complexity index is 648. The average molecular weight is 341 g/mol. The molecule has 0 unspecified atom stereocenters. The minimum absolute atomic E-state index is 0.0408. The molecule has 5 heteroatoms. The topological polar surface area (TPSA) is 52.6 Å². The summed E-state index contributed by atoms with van der Waals surface area (Å²) in [6, 6.07) is 7.64. The van der Waals surface area contributed by atoms with Gasteiger partial charge in [0.2, 0.25) is 11.8 Å². The molecule has 1 atom stereocenters. The van der Waals surface area contributed by atoms with E-state index in [1.54, 1.807) is 0 Å². The summed E-state index contributed by atoms with van der Waals surface area (Å²) in [4.78, 5) is 28.8. The molecule has 0 spiro atoms. The quantitative estimate of drug-likeness (QED) is 0.836. The van der Waals surface area contributed by atoms with Gasteiger partial charge in [0.15, 0.2) is 0 Å². The van der Waals surface area contributed by atoms with Crippen LogP contribution in [0.5, 0.6) is 0 Å². The van der Waals surface area contributed by atoms with E-state index in [1.807, 2.05) is 29.2 Å². The van der Waals surface area contributed by atoms with Gasteiger partial charge < -0.3 is 15.1 Å². The SMILES string of the molecule is CN1CCN(C(=O)Cc2cccc(NC(=O)C[C@H]3C=CCC3)c2)CC1. The Balaban J connectivity index is 1.53. The van der Waals surface area contributed by atoms with Crippen LogP contribution in [-0.2, 0) is 16.0 Å². The predicted molar refractivity (Wildman–Crippen MR) is 99.3 cm³/mol. The largest absolute Gasteiger partial charge is 0.340 e. The molecular weight excluding hydrogens is 314 g/mol. The zero-order valence-electron chi connectivity index (χ0n) is 14.9. The third-order valence-corrected chi connectivity index (χ3v) is 4.98. The second kappa shape index (κ2) is 8.30. The minimum Gasteiger partial charge on any atom is -0.340 e. The van der Waals surface area contributed by atoms with Crippen LogP contribution in [0.25, 0.3) is 0 Å². The molecule has 1 fully saturated rings. The van der Waals surface area contributed by atoms with Crippen LogP contribution in [0, 0.1) is 5.92 Å². The van der Waals surface area contributed by atoms with Gasteiger partial charge in [-0.05, 0) is 43.5 Å². The molecule has 2 amide bonds. The molecule has 1 N–H and O–H groups in total. The third kappa shape index (κ3) is 5.16. The van der Waals surface area contributed by atoms with Crippen LogP contribution in [0.15, 0.2) is 36.4 Å². The number of allylic oxidation sites excluding steroid dienone is 2. The van der Waals surface area contributed by atoms with Crippen molar-refractivity contribution in [1.82, 2.24) is 9.80 Å². The van der Waals surface area contributed by atoms with E-state index < -0.39 is 0 Å². The Morgan fingerprint density at radius 2 is 2.00 bits per heavy atom. The van der Waals surface area contributed by atoms with Crippen LogP contribution in [0.1, 0.15) is 24.8 Å². The predicted octanol–water partition coefficient (Wildman–Crippen LogP) is 2.30. The molecule has 0 radical (unpaired) electrons. The van der Waals surface area contributed by atoms with Gasteiger partial charge in [-0.2, -0.15) is 0 Å². The first kappa shape index (κ1) is 17.7. The van der Waals surface area contributed by atoms with Crippen molar-refractivity contribution in [2.75, 3.05) is 38.5 Å². The zero-order valence-corrected chi connectivity index (χ0v) is 14.9. The van der Waals surface area contributed by atoms with Gasteiger partial charge in [0, 0.05) is 38.3 Å². The minimum atomic E-state index is 0.0408. The van der Waals surface area contributed by atoms with E-state index in [0.29, 0.717) is 18.8 Å². The highest BCUT2D eigenvalue weighted by atomic mass is 16.2. The molecule has 2 aliphatic rings. The highest BCUT2D eigenvalue weighted by Gasteiger charge is 2.19. The number of rotatable bonds is 5. The molecule has 0 aromatic heterocycles. The number of hydrogen-bond acceptors (Lipinski definition) is 3. The maximum Gasteiger partial charge on any atom is 0.227 e. The highest BCUT2D eigenvalue weighted by molar-refractivity contribution is 5.91. The number of likely N-dealkylation sites (N-methyl/N-ethyl adjacent to an activating group) is 1. The Morgan fingerprint density at radius 1 is 1.20 bits per heavy atom. The number of anilines is 1. The zero-order chi connectivity index (χ0) is 17.6. The number of piperazine rings is 1. The first-order chi connectivity index (χ1) is 12.1. The molecule has 1 aromatic carbocycles. The summed E-state index contributed by atoms with van der Waals surface area (Å²) in [5.41, 5.74) is 1.72. The molecule has 134 valence electrons. The standard InChI is InChI=1S/C20H27N3O2/c1-22-9-11-23(12-10-22)20(25)15-17-7-4-8-18(13-17)21-19(24)14-16-5-2-3-6-16/h2,4-5,7-8,13,16H,3,6,9-12,14-15H2,1H3,(H,21,24)/t16-/m0/s1. The van der Waals surface area contributed by atoms with Gasteiger partial charge in [0.05, 0.1) is 6.42 Å². The molecule has 25 heavy (non-hydrogen) atoms. The van der Waals surface area contributed by atoms with E-state index in [1.165, 1.54) is 0 Å². The van der Waals surface area contributed by atoms with Crippen molar-refractivity contribution in [3.63, 3.8) is 0 Å². The van der Waals surface area contributed by atoms with Crippen molar-refractivity contribution in [3.05, 3.63) is 42.0 Å². The first-order valence-electron chi connectivity index (χ1n) is 9.12. The van der Waals surface area contributed by atoms with Crippen LogP contribution in [0.4, 0.5) is 5.69 Å². The molecule has 1 aliphatic heterocycles. The van der Waals surface area contributed by atoms with Crippen LogP contribution < -0.4 is 5.32 Å². The van der Waals surface area contributed by atoms with Crippen LogP contribution in [-0.4, -0.2) is 54.8 Å². The van der Waals surface area contributed by atoms with Crippen LogP contribution in [0.2, 0.25) is 0 Å². The number of nitrogens with one attached hydrogen (secondary N) is 1. The third-order valence-electron chi connectivity index (χ3n) is 4.98. The molecule has 5 nitrogen and oxygen atoms in total. The van der Waals surface area contributed by atoms with Crippen molar-refractivity contribution in [2.24, 2.45) is 5.92 Å². The molecule has 1 aromatic rings. The Labute approximate surface area is 149 Å². The van der Waals surface area contributed by atoms with E-state index in [2.05, 4.69) is 29.4 Å². The monoisotopic (exact) mass is 341 g/mol. The van der Waals surface area contributed by atoms with E-state index >= 15 is 0 Å². The maximum absolute atomic E-state index is 12.5. The van der Waals surface area contributed by atoms with E-state index in [4.69, 9.17) is 0 Å². The van der Waals surface area contributed by atoms with Crippen molar-refractivity contribution in [2.45, 2.75) is 25.7 Å². The van der Waals surface area contributed by atoms with Crippen molar-refractivity contribution in [3.8, 4) is 0 Å². The summed E-state index contributed by atoms with van der Waals surface area (Å²) in [5.74, 6) is 0.564. The van der Waals surface area contributed by atoms with Crippen molar-refractivity contribution >= 4 is 17.5 Å². The number of nitrogens with zero attached hydrogens (tertiary/aromatic N) is 2. The molecule has 3 rings (SSSR count). The Hall–Kier alpha value is -2.14. The van der Waals surface area contributed by atoms with Crippen molar-refractivity contribution in [1.29, 1.82) is 0 Å². The van der Waals surface area contributed by atoms with Gasteiger partial charge in [0.1, 0.15) is 0 Å². The maximum atomic E-state index is 12.5. The fourth-order valence-electron chi connectivity index (χ4n) is 3.42. The van der Waals surface area contributed by atoms with E-state index in [9.17, 15) is 9.59 Å². The number of carbonyl (C=O) groups is 2. The van der Waals surface area contributed by atoms with Gasteiger partial charge in [-0.3, -0.25) is 9.59 Å². The van der Waals surface area contributed by atoms with Gasteiger partial charge in [0.25, 0.3) is 0 Å². The van der Waals surface area contributed by atoms with Gasteiger partial charge >= 0.3 is 0 Å². The summed E-state index contributed by atoms with van der Waals surface area (Å²) in [5, 5.41) is 2.96. The summed E-state index contributed by atoms with van der Waals surface area (Å²) in [6.45, 7) is 3.44. The average Bonchev–Trinajstić information content (AvgIpc) is 3.08. The molecule has 1 heterocycles. The van der Waals surface area contributed by atoms with Gasteiger partial charge in [-0.25, -0.2) is 0 Å². The molecule has 0 saturated carbocycles. The Kier molecular flexibility index (Phi) is 5.87. The van der Waals surface area contributed by atoms with Crippen LogP contribution >= 0.6 is 0 Å². The summed E-state index contributed by atoms with van der Waals surface area (Å²) in [6.07, 6.45) is 7.32. The number of amides is 2. The smallest absolute Gasteiger partial charge is 0.227 e. The van der Waals surface area contributed by atoms with Crippen LogP contribution in [0.3, 0.4) is 0 Å². The van der Waals surface area contributed by atoms with E-state index in [-0.39, 0.29) is 11.8 Å².